The molecule has 1 aromatic rings. The summed E-state index contributed by atoms with van der Waals surface area (Å²) in [6, 6.07) is 4.11. The molecule has 0 aliphatic carbocycles. The molecule has 0 saturated carbocycles. The Labute approximate surface area is 153 Å². The first-order valence-corrected chi connectivity index (χ1v) is 8.44. The first-order chi connectivity index (χ1) is 9.61. The molecule has 21 heavy (non-hydrogen) atoms. The first-order valence-electron chi connectivity index (χ1n) is 6.85. The maximum atomic E-state index is 5.89. The van der Waals surface area contributed by atoms with Crippen LogP contribution in [0.25, 0.3) is 0 Å². The van der Waals surface area contributed by atoms with Crippen molar-refractivity contribution in [3.63, 3.8) is 0 Å². The van der Waals surface area contributed by atoms with Crippen molar-refractivity contribution in [2.24, 2.45) is 0 Å². The van der Waals surface area contributed by atoms with E-state index in [1.807, 2.05) is 18.2 Å². The maximum absolute atomic E-state index is 5.89. The van der Waals surface area contributed by atoms with Gasteiger partial charge >= 0.3 is 0 Å². The Bertz CT molecular complexity index is 453. The van der Waals surface area contributed by atoms with Crippen LogP contribution in [0.4, 0.5) is 5.69 Å². The number of rotatable bonds is 6. The van der Waals surface area contributed by atoms with Crippen molar-refractivity contribution >= 4 is 54.5 Å². The van der Waals surface area contributed by atoms with E-state index in [1.54, 1.807) is 0 Å². The van der Waals surface area contributed by atoms with Gasteiger partial charge in [-0.05, 0) is 69.9 Å². The highest BCUT2D eigenvalue weighted by molar-refractivity contribution is 9.11. The maximum Gasteiger partial charge on any atom is 0.147 e. The molecule has 0 spiro atoms. The van der Waals surface area contributed by atoms with Crippen molar-refractivity contribution in [1.29, 1.82) is 0 Å². The molecule has 2 N–H and O–H groups in total. The van der Waals surface area contributed by atoms with Crippen molar-refractivity contribution in [2.75, 3.05) is 25.4 Å². The van der Waals surface area contributed by atoms with E-state index in [-0.39, 0.29) is 17.0 Å². The number of benzene rings is 1. The lowest BCUT2D eigenvalue weighted by Gasteiger charge is -2.24. The number of halogens is 3. The molecule has 2 rings (SSSR count). The fourth-order valence-electron chi connectivity index (χ4n) is 2.52. The SMILES string of the molecule is Br.C=CC(CCOc1c(Br)cc(N)cc1Br)N1CCCC1. The first kappa shape index (κ1) is 19.0. The van der Waals surface area contributed by atoms with Gasteiger partial charge in [0.15, 0.2) is 0 Å². The molecule has 1 fully saturated rings. The average molecular weight is 485 g/mol. The topological polar surface area (TPSA) is 38.5 Å². The zero-order valence-corrected chi connectivity index (χ0v) is 16.7. The van der Waals surface area contributed by atoms with Crippen molar-refractivity contribution in [1.82, 2.24) is 4.90 Å². The minimum Gasteiger partial charge on any atom is -0.491 e. The fourth-order valence-corrected chi connectivity index (χ4v) is 3.97. The predicted molar refractivity (Wildman–Crippen MR) is 101 cm³/mol. The summed E-state index contributed by atoms with van der Waals surface area (Å²) >= 11 is 6.97. The van der Waals surface area contributed by atoms with Gasteiger partial charge in [-0.2, -0.15) is 0 Å². The van der Waals surface area contributed by atoms with Gasteiger partial charge in [0, 0.05) is 18.2 Å². The third-order valence-corrected chi connectivity index (χ3v) is 4.74. The summed E-state index contributed by atoms with van der Waals surface area (Å²) in [5.41, 5.74) is 6.48. The normalized spacial score (nSPS) is 16.3. The zero-order chi connectivity index (χ0) is 14.5. The molecule has 1 heterocycles. The third-order valence-electron chi connectivity index (χ3n) is 3.56. The van der Waals surface area contributed by atoms with Crippen LogP contribution in [0, 0.1) is 0 Å². The second-order valence-electron chi connectivity index (χ2n) is 5.00. The van der Waals surface area contributed by atoms with Crippen LogP contribution in [-0.2, 0) is 0 Å². The molecule has 1 atom stereocenters. The largest absolute Gasteiger partial charge is 0.491 e. The molecule has 6 heteroatoms. The van der Waals surface area contributed by atoms with Gasteiger partial charge < -0.3 is 10.5 Å². The van der Waals surface area contributed by atoms with Gasteiger partial charge in [0.05, 0.1) is 15.6 Å². The summed E-state index contributed by atoms with van der Waals surface area (Å²) in [6.45, 7) is 6.95. The van der Waals surface area contributed by atoms with Gasteiger partial charge in [0.25, 0.3) is 0 Å². The highest BCUT2D eigenvalue weighted by atomic mass is 79.9. The van der Waals surface area contributed by atoms with Crippen LogP contribution in [-0.4, -0.2) is 30.6 Å². The van der Waals surface area contributed by atoms with E-state index in [9.17, 15) is 0 Å². The van der Waals surface area contributed by atoms with Gasteiger partial charge in [-0.1, -0.05) is 6.08 Å². The number of anilines is 1. The van der Waals surface area contributed by atoms with E-state index in [2.05, 4.69) is 43.3 Å². The summed E-state index contributed by atoms with van der Waals surface area (Å²) in [5.74, 6) is 0.809. The monoisotopic (exact) mass is 482 g/mol. The van der Waals surface area contributed by atoms with Crippen molar-refractivity contribution in [3.05, 3.63) is 33.7 Å². The lowest BCUT2D eigenvalue weighted by molar-refractivity contribution is 0.223. The highest BCUT2D eigenvalue weighted by Gasteiger charge is 2.19. The minimum absolute atomic E-state index is 0. The molecule has 1 aliphatic heterocycles. The number of hydrogen-bond donors (Lipinski definition) is 1. The molecular formula is C15H21Br3N2O. The molecule has 118 valence electrons. The van der Waals surface area contributed by atoms with Crippen LogP contribution >= 0.6 is 48.8 Å². The molecule has 0 bridgehead atoms. The third kappa shape index (κ3) is 5.27. The Morgan fingerprint density at radius 2 is 1.86 bits per heavy atom. The standard InChI is InChI=1S/C15H20Br2N2O.BrH/c1-2-12(19-6-3-4-7-19)5-8-20-15-13(16)9-11(18)10-14(15)17;/h2,9-10,12H,1,3-8,18H2;1H. The number of ether oxygens (including phenoxy) is 1. The van der Waals surface area contributed by atoms with E-state index in [4.69, 9.17) is 10.5 Å². The second kappa shape index (κ2) is 9.18. The van der Waals surface area contributed by atoms with Crippen molar-refractivity contribution < 1.29 is 4.74 Å². The molecule has 0 radical (unpaired) electrons. The summed E-state index contributed by atoms with van der Waals surface area (Å²) in [7, 11) is 0. The molecule has 1 unspecified atom stereocenters. The van der Waals surface area contributed by atoms with Crippen LogP contribution in [0.1, 0.15) is 19.3 Å². The van der Waals surface area contributed by atoms with Gasteiger partial charge in [-0.3, -0.25) is 4.90 Å². The van der Waals surface area contributed by atoms with Crippen LogP contribution in [0.3, 0.4) is 0 Å². The van der Waals surface area contributed by atoms with E-state index in [0.717, 1.165) is 21.1 Å². The minimum atomic E-state index is 0. The number of nitrogens with two attached hydrogens (primary N) is 1. The Morgan fingerprint density at radius 3 is 2.38 bits per heavy atom. The Hall–Kier alpha value is -0.0400. The van der Waals surface area contributed by atoms with Crippen LogP contribution < -0.4 is 10.5 Å². The molecule has 0 amide bonds. The smallest absolute Gasteiger partial charge is 0.147 e. The van der Waals surface area contributed by atoms with Crippen LogP contribution in [0.15, 0.2) is 33.7 Å². The highest BCUT2D eigenvalue weighted by Crippen LogP contribution is 2.35. The lowest BCUT2D eigenvalue weighted by Crippen LogP contribution is -2.32. The summed E-state index contributed by atoms with van der Waals surface area (Å²) in [4.78, 5) is 2.48. The summed E-state index contributed by atoms with van der Waals surface area (Å²) in [5, 5.41) is 0. The number of likely N-dealkylation sites (tertiary alicyclic amines) is 1. The molecule has 1 aliphatic rings. The molecular weight excluding hydrogens is 464 g/mol. The summed E-state index contributed by atoms with van der Waals surface area (Å²) in [6.07, 6.45) is 5.56. The lowest BCUT2D eigenvalue weighted by atomic mass is 10.2. The second-order valence-corrected chi connectivity index (χ2v) is 6.71. The average Bonchev–Trinajstić information content (AvgIpc) is 2.90. The Kier molecular flexibility index (Phi) is 8.31. The Balaban J connectivity index is 0.00000220. The van der Waals surface area contributed by atoms with Crippen molar-refractivity contribution in [2.45, 2.75) is 25.3 Å². The van der Waals surface area contributed by atoms with Gasteiger partial charge in [-0.25, -0.2) is 0 Å². The number of hydrogen-bond acceptors (Lipinski definition) is 3. The number of nitrogen functional groups attached to an aromatic ring is 1. The fraction of sp³-hybridized carbons (Fsp3) is 0.467. The Morgan fingerprint density at radius 1 is 1.29 bits per heavy atom. The summed E-state index contributed by atoms with van der Waals surface area (Å²) < 4.78 is 7.64. The van der Waals surface area contributed by atoms with E-state index < -0.39 is 0 Å². The quantitative estimate of drug-likeness (QED) is 0.466. The predicted octanol–water partition coefficient (Wildman–Crippen LogP) is 4.79. The number of nitrogens with zero attached hydrogens (tertiary/aromatic N) is 1. The van der Waals surface area contributed by atoms with E-state index in [0.29, 0.717) is 18.3 Å². The van der Waals surface area contributed by atoms with Gasteiger partial charge in [0.1, 0.15) is 5.75 Å². The van der Waals surface area contributed by atoms with E-state index in [1.165, 1.54) is 25.9 Å². The molecule has 0 aromatic heterocycles. The van der Waals surface area contributed by atoms with Gasteiger partial charge in [-0.15, -0.1) is 23.6 Å². The van der Waals surface area contributed by atoms with Crippen LogP contribution in [0.2, 0.25) is 0 Å². The molecule has 3 nitrogen and oxygen atoms in total. The van der Waals surface area contributed by atoms with E-state index >= 15 is 0 Å². The van der Waals surface area contributed by atoms with Gasteiger partial charge in [0.2, 0.25) is 0 Å². The molecule has 1 aromatic carbocycles. The molecule has 1 saturated heterocycles. The van der Waals surface area contributed by atoms with Crippen molar-refractivity contribution in [3.8, 4) is 5.75 Å². The zero-order valence-electron chi connectivity index (χ0n) is 11.9. The van der Waals surface area contributed by atoms with Crippen LogP contribution in [0.5, 0.6) is 5.75 Å².